The second-order valence-corrected chi connectivity index (χ2v) is 9.42. The van der Waals surface area contributed by atoms with Crippen molar-refractivity contribution in [3.63, 3.8) is 0 Å². The van der Waals surface area contributed by atoms with Crippen LogP contribution in [0.2, 0.25) is 0 Å². The third-order valence-electron chi connectivity index (χ3n) is 5.66. The lowest BCUT2D eigenvalue weighted by Gasteiger charge is -2.39. The van der Waals surface area contributed by atoms with Crippen molar-refractivity contribution in [3.05, 3.63) is 53.2 Å². The number of fused-ring (bicyclic) bond motifs is 1. The van der Waals surface area contributed by atoms with Gasteiger partial charge in [-0.25, -0.2) is 13.4 Å². The molecule has 156 valence electrons. The van der Waals surface area contributed by atoms with Crippen molar-refractivity contribution in [2.24, 2.45) is 0 Å². The van der Waals surface area contributed by atoms with Gasteiger partial charge in [0.15, 0.2) is 0 Å². The molecule has 9 heteroatoms. The van der Waals surface area contributed by atoms with Crippen LogP contribution in [0.5, 0.6) is 0 Å². The first-order valence-corrected chi connectivity index (χ1v) is 11.0. The van der Waals surface area contributed by atoms with Crippen LogP contribution in [0.15, 0.2) is 41.4 Å². The molecule has 1 aliphatic heterocycles. The van der Waals surface area contributed by atoms with E-state index in [9.17, 15) is 21.6 Å². The zero-order valence-corrected chi connectivity index (χ0v) is 16.8. The van der Waals surface area contributed by atoms with Crippen LogP contribution in [0, 0.1) is 0 Å². The Kier molecular flexibility index (Phi) is 5.06. The molecule has 2 heterocycles. The summed E-state index contributed by atoms with van der Waals surface area (Å²) in [6.45, 7) is 2.82. The topological polar surface area (TPSA) is 53.5 Å². The predicted molar refractivity (Wildman–Crippen MR) is 103 cm³/mol. The van der Waals surface area contributed by atoms with Gasteiger partial charge < -0.3 is 4.90 Å². The van der Waals surface area contributed by atoms with Crippen LogP contribution in [-0.2, 0) is 29.0 Å². The SMILES string of the molecule is C[C@H]1CN(c2ccc(C(F)(F)F)cn2)CCN1S(=O)(=O)c1cccc2c1CCC2. The predicted octanol–water partition coefficient (Wildman–Crippen LogP) is 3.49. The zero-order valence-electron chi connectivity index (χ0n) is 16.0. The lowest BCUT2D eigenvalue weighted by Crippen LogP contribution is -2.54. The number of aryl methyl sites for hydroxylation is 1. The number of anilines is 1. The van der Waals surface area contributed by atoms with Gasteiger partial charge in [-0.3, -0.25) is 0 Å². The summed E-state index contributed by atoms with van der Waals surface area (Å²) < 4.78 is 66.4. The van der Waals surface area contributed by atoms with Crippen LogP contribution in [0.3, 0.4) is 0 Å². The molecule has 2 aliphatic rings. The molecule has 1 aliphatic carbocycles. The number of piperazine rings is 1. The molecule has 0 amide bonds. The number of aromatic nitrogens is 1. The van der Waals surface area contributed by atoms with Crippen LogP contribution in [0.1, 0.15) is 30.0 Å². The van der Waals surface area contributed by atoms with Crippen molar-refractivity contribution in [1.82, 2.24) is 9.29 Å². The van der Waals surface area contributed by atoms with E-state index in [1.807, 2.05) is 17.9 Å². The maximum atomic E-state index is 13.3. The fraction of sp³-hybridized carbons (Fsp3) is 0.450. The van der Waals surface area contributed by atoms with E-state index in [1.54, 1.807) is 12.1 Å². The normalized spacial score (nSPS) is 20.7. The molecule has 5 nitrogen and oxygen atoms in total. The van der Waals surface area contributed by atoms with E-state index in [1.165, 1.54) is 10.4 Å². The Morgan fingerprint density at radius 3 is 2.55 bits per heavy atom. The van der Waals surface area contributed by atoms with Gasteiger partial charge in [-0.2, -0.15) is 17.5 Å². The Bertz CT molecular complexity index is 1010. The number of benzene rings is 1. The highest BCUT2D eigenvalue weighted by atomic mass is 32.2. The van der Waals surface area contributed by atoms with Gasteiger partial charge in [-0.1, -0.05) is 12.1 Å². The van der Waals surface area contributed by atoms with Crippen LogP contribution >= 0.6 is 0 Å². The Hall–Kier alpha value is -2.13. The van der Waals surface area contributed by atoms with Crippen molar-refractivity contribution >= 4 is 15.8 Å². The summed E-state index contributed by atoms with van der Waals surface area (Å²) in [5.74, 6) is 0.419. The molecular weight excluding hydrogens is 403 g/mol. The van der Waals surface area contributed by atoms with Gasteiger partial charge >= 0.3 is 6.18 Å². The third kappa shape index (κ3) is 3.73. The average molecular weight is 425 g/mol. The minimum Gasteiger partial charge on any atom is -0.354 e. The van der Waals surface area contributed by atoms with E-state index < -0.39 is 21.8 Å². The van der Waals surface area contributed by atoms with Crippen LogP contribution in [0.25, 0.3) is 0 Å². The van der Waals surface area contributed by atoms with Crippen molar-refractivity contribution in [3.8, 4) is 0 Å². The Balaban J connectivity index is 1.53. The Morgan fingerprint density at radius 2 is 1.90 bits per heavy atom. The van der Waals surface area contributed by atoms with E-state index in [0.717, 1.165) is 42.7 Å². The Labute approximate surface area is 168 Å². The molecular formula is C20H22F3N3O2S. The maximum absolute atomic E-state index is 13.3. The van der Waals surface area contributed by atoms with E-state index in [0.29, 0.717) is 23.8 Å². The number of pyridine rings is 1. The quantitative estimate of drug-likeness (QED) is 0.756. The molecule has 1 saturated heterocycles. The van der Waals surface area contributed by atoms with Crippen LogP contribution in [-0.4, -0.2) is 43.4 Å². The number of alkyl halides is 3. The van der Waals surface area contributed by atoms with Crippen molar-refractivity contribution in [2.45, 2.75) is 43.3 Å². The zero-order chi connectivity index (χ0) is 20.8. The first-order valence-electron chi connectivity index (χ1n) is 9.59. The van der Waals surface area contributed by atoms with E-state index >= 15 is 0 Å². The molecule has 29 heavy (non-hydrogen) atoms. The highest BCUT2D eigenvalue weighted by Gasteiger charge is 2.36. The molecule has 1 atom stereocenters. The van der Waals surface area contributed by atoms with Gasteiger partial charge in [0, 0.05) is 31.9 Å². The first-order chi connectivity index (χ1) is 13.7. The molecule has 1 aromatic heterocycles. The number of rotatable bonds is 3. The standard InChI is InChI=1S/C20H22F3N3O2S/c1-14-13-25(19-9-8-16(12-24-19)20(21,22)23)10-11-26(14)29(27,28)18-7-3-5-15-4-2-6-17(15)18/h3,5,7-9,12,14H,2,4,6,10-11,13H2,1H3/t14-/m0/s1. The van der Waals surface area contributed by atoms with Gasteiger partial charge in [-0.05, 0) is 55.5 Å². The second-order valence-electron chi connectivity index (χ2n) is 7.56. The maximum Gasteiger partial charge on any atom is 0.417 e. The number of nitrogens with zero attached hydrogens (tertiary/aromatic N) is 3. The molecule has 0 saturated carbocycles. The lowest BCUT2D eigenvalue weighted by molar-refractivity contribution is -0.137. The highest BCUT2D eigenvalue weighted by molar-refractivity contribution is 7.89. The summed E-state index contributed by atoms with van der Waals surface area (Å²) >= 11 is 0. The van der Waals surface area contributed by atoms with E-state index in [4.69, 9.17) is 0 Å². The molecule has 0 spiro atoms. The fourth-order valence-electron chi connectivity index (χ4n) is 4.20. The number of sulfonamides is 1. The first kappa shape index (κ1) is 20.2. The van der Waals surface area contributed by atoms with E-state index in [2.05, 4.69) is 4.98 Å². The minimum atomic E-state index is -4.43. The third-order valence-corrected chi connectivity index (χ3v) is 7.75. The molecule has 1 aromatic carbocycles. The molecule has 0 N–H and O–H groups in total. The van der Waals surface area contributed by atoms with Gasteiger partial charge in [0.05, 0.1) is 10.5 Å². The van der Waals surface area contributed by atoms with Gasteiger partial charge in [0.1, 0.15) is 5.82 Å². The van der Waals surface area contributed by atoms with Crippen molar-refractivity contribution in [1.29, 1.82) is 0 Å². The number of hydrogen-bond donors (Lipinski definition) is 0. The largest absolute Gasteiger partial charge is 0.417 e. The molecule has 0 unspecified atom stereocenters. The number of hydrogen-bond acceptors (Lipinski definition) is 4. The van der Waals surface area contributed by atoms with Crippen LogP contribution < -0.4 is 4.90 Å². The summed E-state index contributed by atoms with van der Waals surface area (Å²) in [4.78, 5) is 6.15. The van der Waals surface area contributed by atoms with Crippen LogP contribution in [0.4, 0.5) is 19.0 Å². The monoisotopic (exact) mass is 425 g/mol. The smallest absolute Gasteiger partial charge is 0.354 e. The summed E-state index contributed by atoms with van der Waals surface area (Å²) in [7, 11) is -3.63. The molecule has 1 fully saturated rings. The van der Waals surface area contributed by atoms with Gasteiger partial charge in [0.25, 0.3) is 0 Å². The summed E-state index contributed by atoms with van der Waals surface area (Å²) in [6, 6.07) is 7.47. The summed E-state index contributed by atoms with van der Waals surface area (Å²) in [5, 5.41) is 0. The fourth-order valence-corrected chi connectivity index (χ4v) is 6.11. The highest BCUT2D eigenvalue weighted by Crippen LogP contribution is 2.33. The molecule has 4 rings (SSSR count). The average Bonchev–Trinajstić information content (AvgIpc) is 3.16. The molecule has 2 aromatic rings. The molecule has 0 radical (unpaired) electrons. The van der Waals surface area contributed by atoms with Gasteiger partial charge in [-0.15, -0.1) is 0 Å². The van der Waals surface area contributed by atoms with Crippen molar-refractivity contribution < 1.29 is 21.6 Å². The van der Waals surface area contributed by atoms with Crippen molar-refractivity contribution in [2.75, 3.05) is 24.5 Å². The number of halogens is 3. The Morgan fingerprint density at radius 1 is 1.10 bits per heavy atom. The lowest BCUT2D eigenvalue weighted by atomic mass is 10.1. The molecule has 0 bridgehead atoms. The summed E-state index contributed by atoms with van der Waals surface area (Å²) in [5.41, 5.74) is 1.23. The summed E-state index contributed by atoms with van der Waals surface area (Å²) in [6.07, 6.45) is -0.973. The minimum absolute atomic E-state index is 0.260. The van der Waals surface area contributed by atoms with Gasteiger partial charge in [0.2, 0.25) is 10.0 Å². The second kappa shape index (κ2) is 7.28. The van der Waals surface area contributed by atoms with E-state index in [-0.39, 0.29) is 12.6 Å².